The molecule has 0 saturated heterocycles. The molecule has 0 rings (SSSR count). The molecule has 0 bridgehead atoms. The maximum atomic E-state index is 8.74. The van der Waals surface area contributed by atoms with Gasteiger partial charge < -0.3 is 14.5 Å². The van der Waals surface area contributed by atoms with Gasteiger partial charge in [0.25, 0.3) is 0 Å². The van der Waals surface area contributed by atoms with Gasteiger partial charge in [0.2, 0.25) is 10.4 Å². The average Bonchev–Trinajstić information content (AvgIpc) is 1.41. The van der Waals surface area contributed by atoms with Crippen molar-refractivity contribution in [3.63, 3.8) is 0 Å². The first-order chi connectivity index (χ1) is 6.00. The number of rotatable bonds is 0. The Kier molecular flexibility index (Phi) is 13.6. The molecule has 0 saturated carbocycles. The standard InChI is InChI=1S/C4H12N.2H2O4S.H2O/c3*1-5(2,3)4;/h1-4H3;2*(H2,1,2,3,4);1H2/q+1;;;/p-1. The maximum Gasteiger partial charge on any atom is 0.394 e. The van der Waals surface area contributed by atoms with Crippen molar-refractivity contribution in [2.24, 2.45) is 0 Å². The van der Waals surface area contributed by atoms with Gasteiger partial charge in [-0.1, -0.05) is 0 Å². The Morgan fingerprint density at radius 2 is 0.875 bits per heavy atom. The van der Waals surface area contributed by atoms with Crippen molar-refractivity contribution in [1.82, 2.24) is 0 Å². The molecule has 0 aliphatic rings. The third-order valence-electron chi connectivity index (χ3n) is 0. The van der Waals surface area contributed by atoms with E-state index in [1.165, 1.54) is 0 Å². The van der Waals surface area contributed by atoms with Crippen LogP contribution in [0, 0.1) is 0 Å². The molecule has 0 aliphatic carbocycles. The molecule has 0 aromatic heterocycles. The highest BCUT2D eigenvalue weighted by Crippen LogP contribution is 1.73. The van der Waals surface area contributed by atoms with Crippen LogP contribution in [0.4, 0.5) is 0 Å². The van der Waals surface area contributed by atoms with E-state index in [0.717, 1.165) is 4.48 Å². The zero-order valence-corrected chi connectivity index (χ0v) is 10.8. The summed E-state index contributed by atoms with van der Waals surface area (Å²) in [5, 5.41) is 0. The van der Waals surface area contributed by atoms with Gasteiger partial charge in [-0.15, -0.1) is 0 Å². The fourth-order valence-corrected chi connectivity index (χ4v) is 0. The number of hydrogen-bond acceptors (Lipinski definition) is 5. The minimum atomic E-state index is -4.92. The Balaban J connectivity index is -0.0000000655. The second-order valence-corrected chi connectivity index (χ2v) is 5.31. The summed E-state index contributed by atoms with van der Waals surface area (Å²) in [6, 6.07) is 0. The van der Waals surface area contributed by atoms with Crippen LogP contribution in [0.25, 0.3) is 0 Å². The Labute approximate surface area is 94.6 Å². The summed E-state index contributed by atoms with van der Waals surface area (Å²) >= 11 is 0. The van der Waals surface area contributed by atoms with Crippen molar-refractivity contribution >= 4 is 20.8 Å². The van der Waals surface area contributed by atoms with Gasteiger partial charge in [0.1, 0.15) is 0 Å². The third kappa shape index (κ3) is 18900. The highest BCUT2D eigenvalue weighted by Gasteiger charge is 1.88. The summed E-state index contributed by atoms with van der Waals surface area (Å²) in [7, 11) is -1.08. The normalized spacial score (nSPS) is 11.0. The molecule has 0 fully saturated rings. The minimum Gasteiger partial charge on any atom is -0.726 e. The van der Waals surface area contributed by atoms with Crippen LogP contribution in [0.5, 0.6) is 0 Å². The fraction of sp³-hybridized carbons (Fsp3) is 1.00. The zero-order chi connectivity index (χ0) is 13.5. The van der Waals surface area contributed by atoms with E-state index in [2.05, 4.69) is 28.2 Å². The molecule has 0 spiro atoms. The van der Waals surface area contributed by atoms with Gasteiger partial charge in [-0.2, -0.15) is 8.42 Å². The average molecular weight is 287 g/mol. The lowest BCUT2D eigenvalue weighted by Crippen LogP contribution is -2.27. The summed E-state index contributed by atoms with van der Waals surface area (Å²) < 4.78 is 65.4. The number of hydrogen-bond donors (Lipinski definition) is 3. The molecular weight excluding hydrogens is 270 g/mol. The van der Waals surface area contributed by atoms with Gasteiger partial charge in [0, 0.05) is 0 Å². The molecule has 12 heteroatoms. The monoisotopic (exact) mass is 287 g/mol. The van der Waals surface area contributed by atoms with Crippen LogP contribution in [-0.2, 0) is 20.8 Å². The largest absolute Gasteiger partial charge is 0.726 e. The summed E-state index contributed by atoms with van der Waals surface area (Å²) in [5.74, 6) is 0. The lowest BCUT2D eigenvalue weighted by Gasteiger charge is -2.14. The van der Waals surface area contributed by atoms with Crippen LogP contribution in [0.2, 0.25) is 0 Å². The summed E-state index contributed by atoms with van der Waals surface area (Å²) in [5.41, 5.74) is 0. The Morgan fingerprint density at radius 3 is 0.875 bits per heavy atom. The molecule has 0 aliphatic heterocycles. The van der Waals surface area contributed by atoms with E-state index >= 15 is 0 Å². The van der Waals surface area contributed by atoms with Gasteiger partial charge in [0.15, 0.2) is 0 Å². The molecule has 0 unspecified atom stereocenters. The van der Waals surface area contributed by atoms with Crippen molar-refractivity contribution < 1.29 is 45.0 Å². The van der Waals surface area contributed by atoms with Crippen molar-refractivity contribution in [3.8, 4) is 0 Å². The van der Waals surface area contributed by atoms with E-state index in [1.54, 1.807) is 0 Å². The molecule has 5 N–H and O–H groups in total. The Hall–Kier alpha value is -0.340. The minimum absolute atomic E-state index is 0. The predicted octanol–water partition coefficient (Wildman–Crippen LogP) is -2.15. The molecule has 104 valence electrons. The van der Waals surface area contributed by atoms with Crippen LogP contribution in [0.1, 0.15) is 0 Å². The van der Waals surface area contributed by atoms with Crippen LogP contribution in [-0.4, -0.2) is 73.2 Å². The summed E-state index contributed by atoms with van der Waals surface area (Å²) in [4.78, 5) is 0. The SMILES string of the molecule is C[N+](C)(C)C.O.O=S(=O)(O)O.O=S(=O)([O-])O. The summed E-state index contributed by atoms with van der Waals surface area (Å²) in [6.07, 6.45) is 0. The molecule has 16 heavy (non-hydrogen) atoms. The lowest BCUT2D eigenvalue weighted by molar-refractivity contribution is -0.849. The van der Waals surface area contributed by atoms with Crippen LogP contribution >= 0.6 is 0 Å². The summed E-state index contributed by atoms with van der Waals surface area (Å²) in [6.45, 7) is 0. The zero-order valence-electron chi connectivity index (χ0n) is 9.15. The van der Waals surface area contributed by atoms with E-state index in [0.29, 0.717) is 0 Å². The van der Waals surface area contributed by atoms with Crippen molar-refractivity contribution in [2.45, 2.75) is 0 Å². The molecule has 0 radical (unpaired) electrons. The maximum absolute atomic E-state index is 8.74. The first-order valence-corrected chi connectivity index (χ1v) is 5.93. The van der Waals surface area contributed by atoms with Gasteiger partial charge >= 0.3 is 10.4 Å². The molecule has 0 aromatic rings. The van der Waals surface area contributed by atoms with Crippen molar-refractivity contribution in [2.75, 3.05) is 28.2 Å². The van der Waals surface area contributed by atoms with Gasteiger partial charge in [0.05, 0.1) is 28.2 Å². The molecule has 0 heterocycles. The number of quaternary nitrogens is 1. The van der Waals surface area contributed by atoms with E-state index < -0.39 is 20.8 Å². The van der Waals surface area contributed by atoms with Gasteiger partial charge in [-0.05, 0) is 0 Å². The first-order valence-electron chi connectivity index (χ1n) is 3.17. The lowest BCUT2D eigenvalue weighted by atomic mass is 10.8. The van der Waals surface area contributed by atoms with Crippen LogP contribution in [0.15, 0.2) is 0 Å². The first kappa shape index (κ1) is 24.8. The van der Waals surface area contributed by atoms with Crippen LogP contribution < -0.4 is 0 Å². The highest BCUT2D eigenvalue weighted by molar-refractivity contribution is 7.80. The highest BCUT2D eigenvalue weighted by atomic mass is 32.3. The second-order valence-electron chi connectivity index (χ2n) is 3.56. The van der Waals surface area contributed by atoms with E-state index in [9.17, 15) is 0 Å². The van der Waals surface area contributed by atoms with E-state index in [4.69, 9.17) is 35.0 Å². The molecular formula is C4H17NO9S2. The molecule has 0 atom stereocenters. The number of nitrogens with zero attached hydrogens (tertiary/aromatic N) is 1. The van der Waals surface area contributed by atoms with Crippen molar-refractivity contribution in [1.29, 1.82) is 0 Å². The fourth-order valence-electron chi connectivity index (χ4n) is 0. The Morgan fingerprint density at radius 1 is 0.875 bits per heavy atom. The molecule has 0 aromatic carbocycles. The second kappa shape index (κ2) is 8.77. The van der Waals surface area contributed by atoms with E-state index in [-0.39, 0.29) is 5.48 Å². The van der Waals surface area contributed by atoms with E-state index in [1.807, 2.05) is 0 Å². The smallest absolute Gasteiger partial charge is 0.394 e. The van der Waals surface area contributed by atoms with Gasteiger partial charge in [-0.3, -0.25) is 13.7 Å². The molecule has 10 nitrogen and oxygen atoms in total. The van der Waals surface area contributed by atoms with Crippen molar-refractivity contribution in [3.05, 3.63) is 0 Å². The third-order valence-corrected chi connectivity index (χ3v) is 0. The van der Waals surface area contributed by atoms with Gasteiger partial charge in [-0.25, -0.2) is 8.42 Å². The predicted molar refractivity (Wildman–Crippen MR) is 54.1 cm³/mol. The quantitative estimate of drug-likeness (QED) is 0.255. The Bertz CT molecular complexity index is 284. The van der Waals surface area contributed by atoms with Crippen LogP contribution in [0.3, 0.4) is 0 Å². The molecule has 0 amide bonds. The topological polar surface area (TPSA) is 184 Å².